The van der Waals surface area contributed by atoms with Gasteiger partial charge >= 0.3 is 0 Å². The van der Waals surface area contributed by atoms with Crippen molar-refractivity contribution >= 4 is 39.0 Å². The van der Waals surface area contributed by atoms with E-state index in [1.165, 1.54) is 0 Å². The number of carbonyl (C=O) groups is 2. The van der Waals surface area contributed by atoms with Crippen LogP contribution in [-0.4, -0.2) is 23.2 Å². The number of rotatable bonds is 2. The molecule has 1 aromatic rings. The summed E-state index contributed by atoms with van der Waals surface area (Å²) in [5.74, 6) is -1.94. The Balaban J connectivity index is 2.59. The van der Waals surface area contributed by atoms with Crippen molar-refractivity contribution in [1.82, 2.24) is 0 Å². The molecule has 0 radical (unpaired) electrons. The second-order valence-corrected chi connectivity index (χ2v) is 4.62. The minimum Gasteiger partial charge on any atom is -0.297 e. The number of halogens is 2. The fraction of sp³-hybridized carbons (Fsp3) is 0.200. The maximum absolute atomic E-state index is 13.8. The average Bonchev–Trinajstić information content (AvgIpc) is 2.56. The van der Waals surface area contributed by atoms with Gasteiger partial charge in [0, 0.05) is 10.5 Å². The Morgan fingerprint density at radius 3 is 2.56 bits per heavy atom. The van der Waals surface area contributed by atoms with Gasteiger partial charge in [0.1, 0.15) is 0 Å². The average molecular weight is 317 g/mol. The first-order valence-electron chi connectivity index (χ1n) is 4.85. The van der Waals surface area contributed by atoms with Crippen molar-refractivity contribution in [3.8, 4) is 0 Å². The lowest BCUT2D eigenvalue weighted by Gasteiger charge is -2.15. The predicted octanol–water partition coefficient (Wildman–Crippen LogP) is 1.80. The smallest absolute Gasteiger partial charge is 0.297 e. The zero-order valence-corrected chi connectivity index (χ0v) is 10.4. The highest BCUT2D eigenvalue weighted by Gasteiger charge is 2.35. The zero-order valence-electron chi connectivity index (χ0n) is 8.85. The number of ketones is 1. The second kappa shape index (κ2) is 4.45. The van der Waals surface area contributed by atoms with Crippen LogP contribution < -0.4 is 4.90 Å². The summed E-state index contributed by atoms with van der Waals surface area (Å²) in [6.45, 7) is -0.335. The van der Waals surface area contributed by atoms with Gasteiger partial charge in [-0.05, 0) is 6.07 Å². The van der Waals surface area contributed by atoms with E-state index < -0.39 is 33.8 Å². The molecule has 1 fully saturated rings. The van der Waals surface area contributed by atoms with E-state index in [0.717, 1.165) is 17.0 Å². The second-order valence-electron chi connectivity index (χ2n) is 3.71. The normalized spacial score (nSPS) is 15.3. The third-order valence-electron chi connectivity index (χ3n) is 2.46. The van der Waals surface area contributed by atoms with Gasteiger partial charge < -0.3 is 0 Å². The molecule has 0 aromatic heterocycles. The lowest BCUT2D eigenvalue weighted by Crippen LogP contribution is -2.26. The Bertz CT molecular complexity index is 575. The summed E-state index contributed by atoms with van der Waals surface area (Å²) in [6.07, 6.45) is -0.355. The molecule has 18 heavy (non-hydrogen) atoms. The summed E-state index contributed by atoms with van der Waals surface area (Å²) in [7, 11) is 0. The van der Waals surface area contributed by atoms with Gasteiger partial charge in [0.2, 0.25) is 5.91 Å². The molecule has 0 unspecified atom stereocenters. The predicted molar refractivity (Wildman–Crippen MR) is 62.7 cm³/mol. The van der Waals surface area contributed by atoms with Crippen LogP contribution in [0.15, 0.2) is 16.6 Å². The van der Waals surface area contributed by atoms with E-state index in [1.807, 2.05) is 0 Å². The first-order valence-corrected chi connectivity index (χ1v) is 5.65. The van der Waals surface area contributed by atoms with Crippen LogP contribution in [0.3, 0.4) is 0 Å². The summed E-state index contributed by atoms with van der Waals surface area (Å²) in [6, 6.07) is 2.10. The molecule has 0 aliphatic carbocycles. The number of nitrogens with zero attached hydrogens (tertiary/aromatic N) is 2. The monoisotopic (exact) mass is 316 g/mol. The topological polar surface area (TPSA) is 80.5 Å². The summed E-state index contributed by atoms with van der Waals surface area (Å²) < 4.78 is 14.0. The van der Waals surface area contributed by atoms with Gasteiger partial charge in [0.15, 0.2) is 17.3 Å². The van der Waals surface area contributed by atoms with Gasteiger partial charge in [-0.15, -0.1) is 0 Å². The molecule has 1 aliphatic rings. The van der Waals surface area contributed by atoms with E-state index in [-0.39, 0.29) is 17.4 Å². The summed E-state index contributed by atoms with van der Waals surface area (Å²) in [5, 5.41) is 10.9. The summed E-state index contributed by atoms with van der Waals surface area (Å²) >= 11 is 2.94. The highest BCUT2D eigenvalue weighted by molar-refractivity contribution is 9.10. The van der Waals surface area contributed by atoms with Crippen LogP contribution in [0.4, 0.5) is 15.8 Å². The molecule has 0 bridgehead atoms. The molecule has 8 heteroatoms. The number of Topliss-reactive ketones (excluding diaryl/α,β-unsaturated/α-hetero) is 1. The largest absolute Gasteiger partial charge is 0.297 e. The van der Waals surface area contributed by atoms with Gasteiger partial charge in [-0.2, -0.15) is 0 Å². The van der Waals surface area contributed by atoms with Crippen LogP contribution in [0.2, 0.25) is 0 Å². The fourth-order valence-electron chi connectivity index (χ4n) is 1.75. The molecular weight excluding hydrogens is 311 g/mol. The van der Waals surface area contributed by atoms with Gasteiger partial charge in [-0.25, -0.2) is 4.39 Å². The van der Waals surface area contributed by atoms with E-state index in [4.69, 9.17) is 0 Å². The standard InChI is InChI=1S/C10H6BrFN2O4/c11-5-1-7(12)10(8(2-5)14(17)18)13-4-6(15)3-9(13)16/h1-2H,3-4H2. The van der Waals surface area contributed by atoms with Crippen LogP contribution in [-0.2, 0) is 9.59 Å². The van der Waals surface area contributed by atoms with E-state index in [1.54, 1.807) is 0 Å². The van der Waals surface area contributed by atoms with Gasteiger partial charge in [0.25, 0.3) is 5.69 Å². The van der Waals surface area contributed by atoms with Crippen molar-refractivity contribution in [3.63, 3.8) is 0 Å². The third-order valence-corrected chi connectivity index (χ3v) is 2.92. The number of carbonyl (C=O) groups excluding carboxylic acids is 2. The van der Waals surface area contributed by atoms with Crippen LogP contribution in [0.5, 0.6) is 0 Å². The molecule has 1 saturated heterocycles. The SMILES string of the molecule is O=C1CC(=O)N(c2c(F)cc(Br)cc2[N+](=O)[O-])C1. The maximum Gasteiger partial charge on any atom is 0.297 e. The van der Waals surface area contributed by atoms with Crippen molar-refractivity contribution in [3.05, 3.63) is 32.5 Å². The maximum atomic E-state index is 13.8. The molecule has 1 aliphatic heterocycles. The number of nitro benzene ring substituents is 1. The minimum atomic E-state index is -0.917. The van der Waals surface area contributed by atoms with Gasteiger partial charge in [0.05, 0.1) is 17.9 Å². The van der Waals surface area contributed by atoms with Crippen molar-refractivity contribution in [2.75, 3.05) is 11.4 Å². The molecule has 1 heterocycles. The number of benzene rings is 1. The number of amides is 1. The third kappa shape index (κ3) is 2.10. The Morgan fingerprint density at radius 1 is 1.39 bits per heavy atom. The highest BCUT2D eigenvalue weighted by atomic mass is 79.9. The molecule has 0 atom stereocenters. The molecule has 0 N–H and O–H groups in total. The Labute approximate surface area is 109 Å². The Hall–Kier alpha value is -1.83. The van der Waals surface area contributed by atoms with Crippen molar-refractivity contribution in [2.24, 2.45) is 0 Å². The van der Waals surface area contributed by atoms with Crippen LogP contribution in [0.25, 0.3) is 0 Å². The quantitative estimate of drug-likeness (QED) is 0.473. The van der Waals surface area contributed by atoms with Crippen LogP contribution in [0, 0.1) is 15.9 Å². The first kappa shape index (κ1) is 12.6. The Kier molecular flexibility index (Phi) is 3.12. The number of nitro groups is 1. The molecule has 1 amide bonds. The number of hydrogen-bond acceptors (Lipinski definition) is 4. The van der Waals surface area contributed by atoms with E-state index in [2.05, 4.69) is 15.9 Å². The lowest BCUT2D eigenvalue weighted by molar-refractivity contribution is -0.384. The first-order chi connectivity index (χ1) is 8.40. The van der Waals surface area contributed by atoms with Crippen molar-refractivity contribution in [2.45, 2.75) is 6.42 Å². The van der Waals surface area contributed by atoms with Gasteiger partial charge in [-0.1, -0.05) is 15.9 Å². The fourth-order valence-corrected chi connectivity index (χ4v) is 2.16. The number of anilines is 1. The molecule has 2 rings (SSSR count). The summed E-state index contributed by atoms with van der Waals surface area (Å²) in [4.78, 5) is 33.5. The zero-order chi connectivity index (χ0) is 13.4. The van der Waals surface area contributed by atoms with Crippen LogP contribution in [0.1, 0.15) is 6.42 Å². The molecule has 0 saturated carbocycles. The molecular formula is C10H6BrFN2O4. The van der Waals surface area contributed by atoms with Crippen LogP contribution >= 0.6 is 15.9 Å². The molecule has 6 nitrogen and oxygen atoms in total. The Morgan fingerprint density at radius 2 is 2.06 bits per heavy atom. The lowest BCUT2D eigenvalue weighted by atomic mass is 10.2. The minimum absolute atomic E-state index is 0.188. The van der Waals surface area contributed by atoms with E-state index in [9.17, 15) is 24.1 Å². The van der Waals surface area contributed by atoms with E-state index >= 15 is 0 Å². The molecule has 0 spiro atoms. The van der Waals surface area contributed by atoms with Gasteiger partial charge in [-0.3, -0.25) is 24.6 Å². The number of hydrogen-bond donors (Lipinski definition) is 0. The van der Waals surface area contributed by atoms with E-state index in [0.29, 0.717) is 0 Å². The molecule has 1 aromatic carbocycles. The summed E-state index contributed by atoms with van der Waals surface area (Å²) in [5.41, 5.74) is -1.01. The highest BCUT2D eigenvalue weighted by Crippen LogP contribution is 2.35. The van der Waals surface area contributed by atoms with Crippen molar-refractivity contribution in [1.29, 1.82) is 0 Å². The van der Waals surface area contributed by atoms with Crippen molar-refractivity contribution < 1.29 is 18.9 Å². The molecule has 94 valence electrons.